The summed E-state index contributed by atoms with van der Waals surface area (Å²) in [6.07, 6.45) is 15.0. The van der Waals surface area contributed by atoms with Crippen LogP contribution >= 0.6 is 11.8 Å². The van der Waals surface area contributed by atoms with Crippen LogP contribution in [0.4, 0.5) is 0 Å². The summed E-state index contributed by atoms with van der Waals surface area (Å²) in [5, 5.41) is 11.8. The summed E-state index contributed by atoms with van der Waals surface area (Å²) < 4.78 is 2.20. The lowest BCUT2D eigenvalue weighted by Gasteiger charge is -2.12. The van der Waals surface area contributed by atoms with Crippen LogP contribution in [0, 0.1) is 0 Å². The van der Waals surface area contributed by atoms with E-state index >= 15 is 0 Å². The number of hydrogen-bond donors (Lipinski definition) is 0. The van der Waals surface area contributed by atoms with Gasteiger partial charge in [0.25, 0.3) is 0 Å². The van der Waals surface area contributed by atoms with Crippen LogP contribution in [0.2, 0.25) is 0 Å². The van der Waals surface area contributed by atoms with Gasteiger partial charge in [0.05, 0.1) is 11.7 Å². The zero-order valence-electron chi connectivity index (χ0n) is 10.6. The second-order valence-corrected chi connectivity index (χ2v) is 5.56. The number of nitrogens with zero attached hydrogens (tertiary/aromatic N) is 3. The summed E-state index contributed by atoms with van der Waals surface area (Å²) in [6, 6.07) is 2.23. The Morgan fingerprint density at radius 3 is 3.21 bits per heavy atom. The molecule has 1 aliphatic rings. The molecule has 0 atom stereocenters. The first-order valence-corrected chi connectivity index (χ1v) is 7.59. The third-order valence-electron chi connectivity index (χ3n) is 3.72. The van der Waals surface area contributed by atoms with E-state index in [0.717, 1.165) is 23.3 Å². The number of thioether (sulfide) groups is 1. The molecule has 94 valence electrons. The van der Waals surface area contributed by atoms with Gasteiger partial charge in [-0.2, -0.15) is 5.10 Å². The average Bonchev–Trinajstić information content (AvgIpc) is 2.86. The van der Waals surface area contributed by atoms with Gasteiger partial charge < -0.3 is 4.40 Å². The van der Waals surface area contributed by atoms with Gasteiger partial charge in [0.2, 0.25) is 0 Å². The van der Waals surface area contributed by atoms with E-state index in [9.17, 15) is 0 Å². The lowest BCUT2D eigenvalue weighted by molar-refractivity contribution is 0.959. The normalized spacial score (nSPS) is 14.2. The summed E-state index contributed by atoms with van der Waals surface area (Å²) >= 11 is 1.66. The van der Waals surface area contributed by atoms with Gasteiger partial charge in [-0.3, -0.25) is 0 Å². The molecule has 0 amide bonds. The molecule has 0 N–H and O–H groups in total. The fourth-order valence-electron chi connectivity index (χ4n) is 2.85. The average molecular weight is 267 g/mol. The van der Waals surface area contributed by atoms with Crippen molar-refractivity contribution in [2.45, 2.75) is 17.9 Å². The first-order chi connectivity index (χ1) is 9.38. The van der Waals surface area contributed by atoms with Gasteiger partial charge >= 0.3 is 0 Å². The van der Waals surface area contributed by atoms with E-state index in [1.165, 1.54) is 22.0 Å². The molecule has 1 aliphatic carbocycles. The van der Waals surface area contributed by atoms with E-state index in [2.05, 4.69) is 51.5 Å². The van der Waals surface area contributed by atoms with Crippen molar-refractivity contribution in [3.63, 3.8) is 0 Å². The van der Waals surface area contributed by atoms with Crippen molar-refractivity contribution in [1.82, 2.24) is 14.6 Å². The highest BCUT2D eigenvalue weighted by Gasteiger charge is 2.15. The van der Waals surface area contributed by atoms with E-state index in [0.29, 0.717) is 0 Å². The molecule has 4 rings (SSSR count). The minimum absolute atomic E-state index is 1.01. The second kappa shape index (κ2) is 4.10. The van der Waals surface area contributed by atoms with Gasteiger partial charge in [-0.05, 0) is 30.7 Å². The Morgan fingerprint density at radius 1 is 1.37 bits per heavy atom. The number of pyridine rings is 1. The number of aromatic nitrogens is 3. The molecule has 0 spiro atoms. The topological polar surface area (TPSA) is 30.2 Å². The molecule has 4 heteroatoms. The monoisotopic (exact) mass is 267 g/mol. The van der Waals surface area contributed by atoms with Gasteiger partial charge in [-0.25, -0.2) is 0 Å². The number of hydrogen-bond acceptors (Lipinski definition) is 3. The Kier molecular flexibility index (Phi) is 2.38. The van der Waals surface area contributed by atoms with E-state index in [-0.39, 0.29) is 0 Å². The van der Waals surface area contributed by atoms with Crippen LogP contribution in [0.25, 0.3) is 22.4 Å². The quantitative estimate of drug-likeness (QED) is 0.631. The maximum Gasteiger partial charge on any atom is 0.129 e. The Balaban J connectivity index is 2.24. The summed E-state index contributed by atoms with van der Waals surface area (Å²) in [7, 11) is 0. The van der Waals surface area contributed by atoms with Crippen LogP contribution in [0.1, 0.15) is 17.5 Å². The van der Waals surface area contributed by atoms with Crippen molar-refractivity contribution in [2.24, 2.45) is 0 Å². The molecule has 0 bridgehead atoms. The maximum absolute atomic E-state index is 4.27. The zero-order chi connectivity index (χ0) is 12.8. The predicted molar refractivity (Wildman–Crippen MR) is 79.6 cm³/mol. The highest BCUT2D eigenvalue weighted by molar-refractivity contribution is 7.98. The lowest BCUT2D eigenvalue weighted by atomic mass is 9.97. The first-order valence-electron chi connectivity index (χ1n) is 6.37. The highest BCUT2D eigenvalue weighted by Crippen LogP contribution is 2.34. The largest absolute Gasteiger partial charge is 0.322 e. The van der Waals surface area contributed by atoms with Crippen molar-refractivity contribution >= 4 is 34.1 Å². The number of aryl methyl sites for hydroxylation is 1. The molecule has 0 saturated carbocycles. The summed E-state index contributed by atoms with van der Waals surface area (Å²) in [5.41, 5.74) is 4.04. The van der Waals surface area contributed by atoms with Crippen molar-refractivity contribution in [1.29, 1.82) is 0 Å². The molecular formula is C15H13N3S. The molecule has 0 saturated heterocycles. The van der Waals surface area contributed by atoms with E-state index in [1.54, 1.807) is 11.8 Å². The van der Waals surface area contributed by atoms with E-state index in [1.807, 2.05) is 6.20 Å². The summed E-state index contributed by atoms with van der Waals surface area (Å²) in [6.45, 7) is 0. The zero-order valence-corrected chi connectivity index (χ0v) is 11.4. The molecule has 3 heterocycles. The smallest absolute Gasteiger partial charge is 0.129 e. The molecule has 0 radical (unpaired) electrons. The second-order valence-electron chi connectivity index (χ2n) is 4.76. The molecule has 3 aromatic heterocycles. The van der Waals surface area contributed by atoms with Crippen LogP contribution in [0.5, 0.6) is 0 Å². The predicted octanol–water partition coefficient (Wildman–Crippen LogP) is 3.56. The van der Waals surface area contributed by atoms with Gasteiger partial charge in [-0.1, -0.05) is 12.2 Å². The Bertz CT molecular complexity index is 817. The number of fused-ring (bicyclic) bond motifs is 5. The van der Waals surface area contributed by atoms with Crippen molar-refractivity contribution < 1.29 is 0 Å². The van der Waals surface area contributed by atoms with Gasteiger partial charge in [0, 0.05) is 28.7 Å². The minimum Gasteiger partial charge on any atom is -0.322 e. The molecule has 0 aliphatic heterocycles. The van der Waals surface area contributed by atoms with Crippen LogP contribution in [0.15, 0.2) is 35.8 Å². The highest BCUT2D eigenvalue weighted by atomic mass is 32.2. The minimum atomic E-state index is 1.01. The Labute approximate surface area is 115 Å². The summed E-state index contributed by atoms with van der Waals surface area (Å²) in [5.74, 6) is 0. The Hall–Kier alpha value is -1.81. The Morgan fingerprint density at radius 2 is 2.32 bits per heavy atom. The first kappa shape index (κ1) is 11.1. The van der Waals surface area contributed by atoms with Crippen molar-refractivity contribution in [2.75, 3.05) is 6.26 Å². The van der Waals surface area contributed by atoms with E-state index < -0.39 is 0 Å². The molecular weight excluding hydrogens is 254 g/mol. The van der Waals surface area contributed by atoms with Crippen LogP contribution < -0.4 is 0 Å². The number of allylic oxidation sites excluding steroid dienone is 1. The van der Waals surface area contributed by atoms with Crippen molar-refractivity contribution in [3.8, 4) is 0 Å². The van der Waals surface area contributed by atoms with Crippen LogP contribution in [0.3, 0.4) is 0 Å². The molecule has 0 aromatic carbocycles. The van der Waals surface area contributed by atoms with Crippen molar-refractivity contribution in [3.05, 3.63) is 41.9 Å². The lowest BCUT2D eigenvalue weighted by Crippen LogP contribution is -1.97. The van der Waals surface area contributed by atoms with Crippen LogP contribution in [-0.4, -0.2) is 20.9 Å². The van der Waals surface area contributed by atoms with Gasteiger partial charge in [0.1, 0.15) is 5.03 Å². The van der Waals surface area contributed by atoms with Gasteiger partial charge in [0.15, 0.2) is 0 Å². The number of rotatable bonds is 1. The molecule has 0 fully saturated rings. The summed E-state index contributed by atoms with van der Waals surface area (Å²) in [4.78, 5) is 0. The van der Waals surface area contributed by atoms with Crippen LogP contribution in [-0.2, 0) is 6.42 Å². The third kappa shape index (κ3) is 1.53. The molecule has 19 heavy (non-hydrogen) atoms. The fraction of sp³-hybridized carbons (Fsp3) is 0.200. The fourth-order valence-corrected chi connectivity index (χ4v) is 3.40. The molecule has 0 unspecified atom stereocenters. The SMILES string of the molecule is CSc1nncc2cn3ccc4c(c3c12)C=CCC4. The van der Waals surface area contributed by atoms with E-state index in [4.69, 9.17) is 0 Å². The maximum atomic E-state index is 4.27. The third-order valence-corrected chi connectivity index (χ3v) is 4.39. The molecule has 3 nitrogen and oxygen atoms in total. The molecule has 3 aromatic rings. The standard InChI is InChI=1S/C15H13N3S/c1-19-15-13-11(8-16-17-15)9-18-7-6-10-4-2-3-5-12(10)14(13)18/h3,5-9H,2,4H2,1H3. The van der Waals surface area contributed by atoms with Gasteiger partial charge in [-0.15, -0.1) is 16.9 Å².